The van der Waals surface area contributed by atoms with E-state index in [4.69, 9.17) is 18.9 Å². The molecule has 37 heavy (non-hydrogen) atoms. The second-order valence-corrected chi connectivity index (χ2v) is 8.33. The van der Waals surface area contributed by atoms with Gasteiger partial charge in [0, 0.05) is 12.1 Å². The lowest BCUT2D eigenvalue weighted by molar-refractivity contribution is -0.140. The zero-order valence-corrected chi connectivity index (χ0v) is 21.2. The molecule has 1 atom stereocenters. The summed E-state index contributed by atoms with van der Waals surface area (Å²) in [5, 5.41) is 11.4. The number of amides is 1. The molecule has 1 N–H and O–H groups in total. The highest BCUT2D eigenvalue weighted by molar-refractivity contribution is 6.46. The van der Waals surface area contributed by atoms with E-state index in [0.29, 0.717) is 40.7 Å². The number of Topliss-reactive ketones (excluding diaryl/α,β-unsaturated/α-hetero) is 1. The maximum atomic E-state index is 13.4. The summed E-state index contributed by atoms with van der Waals surface area (Å²) in [7, 11) is 4.47. The molecule has 1 aliphatic rings. The van der Waals surface area contributed by atoms with Crippen molar-refractivity contribution in [2.24, 2.45) is 0 Å². The zero-order chi connectivity index (χ0) is 26.5. The first-order valence-corrected chi connectivity index (χ1v) is 11.8. The van der Waals surface area contributed by atoms with E-state index in [-0.39, 0.29) is 17.9 Å². The third-order valence-corrected chi connectivity index (χ3v) is 6.16. The molecule has 8 heteroatoms. The molecule has 192 valence electrons. The summed E-state index contributed by atoms with van der Waals surface area (Å²) < 4.78 is 22.1. The van der Waals surface area contributed by atoms with Crippen molar-refractivity contribution in [2.45, 2.75) is 19.5 Å². The Hall–Kier alpha value is -4.46. The van der Waals surface area contributed by atoms with Gasteiger partial charge in [-0.1, -0.05) is 42.5 Å². The largest absolute Gasteiger partial charge is 0.507 e. The van der Waals surface area contributed by atoms with Crippen molar-refractivity contribution in [1.29, 1.82) is 0 Å². The smallest absolute Gasteiger partial charge is 0.295 e. The third kappa shape index (κ3) is 4.95. The number of likely N-dealkylation sites (tertiary alicyclic amines) is 1. The van der Waals surface area contributed by atoms with Crippen molar-refractivity contribution < 1.29 is 33.6 Å². The summed E-state index contributed by atoms with van der Waals surface area (Å²) in [5.41, 5.74) is 1.68. The number of methoxy groups -OCH3 is 3. The number of rotatable bonds is 9. The van der Waals surface area contributed by atoms with Gasteiger partial charge in [-0.3, -0.25) is 9.59 Å². The maximum Gasteiger partial charge on any atom is 0.295 e. The molecule has 3 aromatic carbocycles. The lowest BCUT2D eigenvalue weighted by Crippen LogP contribution is -2.29. The minimum absolute atomic E-state index is 0.0381. The molecule has 0 saturated carbocycles. The molecule has 1 fully saturated rings. The number of ether oxygens (including phenoxy) is 4. The van der Waals surface area contributed by atoms with Crippen molar-refractivity contribution in [3.8, 4) is 23.0 Å². The van der Waals surface area contributed by atoms with Gasteiger partial charge in [0.25, 0.3) is 11.7 Å². The Labute approximate surface area is 215 Å². The van der Waals surface area contributed by atoms with Crippen LogP contribution in [0.5, 0.6) is 23.0 Å². The number of hydrogen-bond acceptors (Lipinski definition) is 7. The van der Waals surface area contributed by atoms with Gasteiger partial charge in [-0.15, -0.1) is 0 Å². The fourth-order valence-corrected chi connectivity index (χ4v) is 4.48. The Morgan fingerprint density at radius 2 is 1.57 bits per heavy atom. The Balaban J connectivity index is 1.93. The van der Waals surface area contributed by atoms with Crippen LogP contribution in [-0.4, -0.2) is 49.6 Å². The second kappa shape index (κ2) is 11.1. The Kier molecular flexibility index (Phi) is 7.67. The molecule has 1 aliphatic heterocycles. The number of benzene rings is 3. The van der Waals surface area contributed by atoms with Crippen LogP contribution in [-0.2, 0) is 16.1 Å². The predicted molar refractivity (Wildman–Crippen MR) is 138 cm³/mol. The fourth-order valence-electron chi connectivity index (χ4n) is 4.48. The van der Waals surface area contributed by atoms with Crippen LogP contribution in [0.25, 0.3) is 5.76 Å². The van der Waals surface area contributed by atoms with Gasteiger partial charge in [0.1, 0.15) is 11.5 Å². The molecule has 1 saturated heterocycles. The van der Waals surface area contributed by atoms with E-state index < -0.39 is 17.7 Å². The molecule has 4 rings (SSSR count). The topological polar surface area (TPSA) is 94.5 Å². The second-order valence-electron chi connectivity index (χ2n) is 8.33. The number of aliphatic hydroxyl groups excluding tert-OH is 1. The van der Waals surface area contributed by atoms with Crippen molar-refractivity contribution in [3.63, 3.8) is 0 Å². The Morgan fingerprint density at radius 3 is 2.16 bits per heavy atom. The van der Waals surface area contributed by atoms with Gasteiger partial charge >= 0.3 is 0 Å². The van der Waals surface area contributed by atoms with Gasteiger partial charge in [0.2, 0.25) is 5.75 Å². The third-order valence-electron chi connectivity index (χ3n) is 6.16. The van der Waals surface area contributed by atoms with E-state index in [1.165, 1.54) is 26.2 Å². The molecule has 0 spiro atoms. The van der Waals surface area contributed by atoms with Crippen molar-refractivity contribution in [1.82, 2.24) is 4.90 Å². The number of carbonyl (C=O) groups is 2. The summed E-state index contributed by atoms with van der Waals surface area (Å²) >= 11 is 0. The molecule has 8 nitrogen and oxygen atoms in total. The SMILES string of the molecule is CCOc1cccc(/C(O)=C2\C(=O)C(=O)N(Cc3ccccc3)C2c2cc(OC)c(OC)c(OC)c2)c1. The molecule has 1 unspecified atom stereocenters. The number of carbonyl (C=O) groups excluding carboxylic acids is 2. The maximum absolute atomic E-state index is 13.4. The first kappa shape index (κ1) is 25.6. The average Bonchev–Trinajstić information content (AvgIpc) is 3.17. The number of aliphatic hydroxyl groups is 1. The van der Waals surface area contributed by atoms with Crippen LogP contribution in [0.1, 0.15) is 29.7 Å². The van der Waals surface area contributed by atoms with E-state index in [0.717, 1.165) is 5.56 Å². The predicted octanol–water partition coefficient (Wildman–Crippen LogP) is 4.73. The normalized spacial score (nSPS) is 16.5. The van der Waals surface area contributed by atoms with Crippen LogP contribution in [0.15, 0.2) is 72.3 Å². The summed E-state index contributed by atoms with van der Waals surface area (Å²) in [6.07, 6.45) is 0. The quantitative estimate of drug-likeness (QED) is 0.256. The standard InChI is InChI=1S/C29H29NO7/c1-5-37-21-13-9-12-19(14-21)26(31)24-25(20-15-22(34-2)28(36-4)23(16-20)35-3)30(29(33)27(24)32)17-18-10-7-6-8-11-18/h6-16,25,31H,5,17H2,1-4H3/b26-24+. The zero-order valence-electron chi connectivity index (χ0n) is 21.2. The number of nitrogens with zero attached hydrogens (tertiary/aromatic N) is 1. The van der Waals surface area contributed by atoms with Gasteiger partial charge in [-0.05, 0) is 42.3 Å². The van der Waals surface area contributed by atoms with Crippen LogP contribution >= 0.6 is 0 Å². The van der Waals surface area contributed by atoms with Gasteiger partial charge < -0.3 is 29.0 Å². The van der Waals surface area contributed by atoms with Crippen molar-refractivity contribution in [3.05, 3.63) is 89.0 Å². The van der Waals surface area contributed by atoms with E-state index in [9.17, 15) is 14.7 Å². The Bertz CT molecular complexity index is 1310. The lowest BCUT2D eigenvalue weighted by Gasteiger charge is -2.26. The highest BCUT2D eigenvalue weighted by atomic mass is 16.5. The van der Waals surface area contributed by atoms with E-state index in [2.05, 4.69) is 0 Å². The van der Waals surface area contributed by atoms with Crippen LogP contribution in [0.2, 0.25) is 0 Å². The van der Waals surface area contributed by atoms with Crippen LogP contribution < -0.4 is 18.9 Å². The van der Waals surface area contributed by atoms with Crippen molar-refractivity contribution >= 4 is 17.4 Å². The number of ketones is 1. The first-order valence-electron chi connectivity index (χ1n) is 11.8. The molecule has 0 radical (unpaired) electrons. The fraction of sp³-hybridized carbons (Fsp3) is 0.241. The van der Waals surface area contributed by atoms with Gasteiger partial charge in [-0.25, -0.2) is 0 Å². The average molecular weight is 504 g/mol. The minimum Gasteiger partial charge on any atom is -0.507 e. The van der Waals surface area contributed by atoms with Crippen molar-refractivity contribution in [2.75, 3.05) is 27.9 Å². The van der Waals surface area contributed by atoms with E-state index in [1.54, 1.807) is 36.4 Å². The summed E-state index contributed by atoms with van der Waals surface area (Å²) in [6, 6.07) is 18.6. The molecular formula is C29H29NO7. The summed E-state index contributed by atoms with van der Waals surface area (Å²) in [6.45, 7) is 2.45. The van der Waals surface area contributed by atoms with Gasteiger partial charge in [0.05, 0.1) is 39.6 Å². The molecule has 3 aromatic rings. The molecule has 1 heterocycles. The van der Waals surface area contributed by atoms with Gasteiger partial charge in [0.15, 0.2) is 11.5 Å². The van der Waals surface area contributed by atoms with Crippen LogP contribution in [0.3, 0.4) is 0 Å². The summed E-state index contributed by atoms with van der Waals surface area (Å²) in [4.78, 5) is 28.2. The highest BCUT2D eigenvalue weighted by Gasteiger charge is 2.46. The Morgan fingerprint density at radius 1 is 0.892 bits per heavy atom. The number of hydrogen-bond donors (Lipinski definition) is 1. The first-order chi connectivity index (χ1) is 17.9. The monoisotopic (exact) mass is 503 g/mol. The molecule has 1 amide bonds. The van der Waals surface area contributed by atoms with E-state index in [1.807, 2.05) is 37.3 Å². The lowest BCUT2D eigenvalue weighted by atomic mass is 9.94. The van der Waals surface area contributed by atoms with Crippen LogP contribution in [0, 0.1) is 0 Å². The molecular weight excluding hydrogens is 474 g/mol. The van der Waals surface area contributed by atoms with Gasteiger partial charge in [-0.2, -0.15) is 0 Å². The van der Waals surface area contributed by atoms with E-state index >= 15 is 0 Å². The molecule has 0 aromatic heterocycles. The highest BCUT2D eigenvalue weighted by Crippen LogP contribution is 2.46. The molecule has 0 bridgehead atoms. The minimum atomic E-state index is -0.912. The van der Waals surface area contributed by atoms with Crippen LogP contribution in [0.4, 0.5) is 0 Å². The molecule has 0 aliphatic carbocycles. The summed E-state index contributed by atoms with van der Waals surface area (Å²) in [5.74, 6) is -0.165.